The lowest BCUT2D eigenvalue weighted by atomic mass is 10.1. The zero-order valence-corrected chi connectivity index (χ0v) is 11.4. The van der Waals surface area contributed by atoms with Gasteiger partial charge < -0.3 is 14.3 Å². The molecular weight excluding hydrogens is 254 g/mol. The van der Waals surface area contributed by atoms with E-state index in [1.54, 1.807) is 6.20 Å². The first-order chi connectivity index (χ1) is 9.74. The minimum absolute atomic E-state index is 0.697. The summed E-state index contributed by atoms with van der Waals surface area (Å²) in [5, 5.41) is 7.30. The van der Waals surface area contributed by atoms with Crippen molar-refractivity contribution >= 4 is 5.69 Å². The number of nitrogens with zero attached hydrogens (tertiary/aromatic N) is 2. The van der Waals surface area contributed by atoms with E-state index in [9.17, 15) is 0 Å². The Kier molecular flexibility index (Phi) is 3.25. The summed E-state index contributed by atoms with van der Waals surface area (Å²) in [6.07, 6.45) is 3.13. The summed E-state index contributed by atoms with van der Waals surface area (Å²) < 4.78 is 10.4. The van der Waals surface area contributed by atoms with Gasteiger partial charge in [0.05, 0.1) is 11.9 Å². The van der Waals surface area contributed by atoms with Crippen molar-refractivity contribution in [1.82, 2.24) is 10.1 Å². The van der Waals surface area contributed by atoms with Gasteiger partial charge >= 0.3 is 0 Å². The second-order valence-electron chi connectivity index (χ2n) is 4.60. The summed E-state index contributed by atoms with van der Waals surface area (Å²) in [6.45, 7) is 4.56. The molecule has 2 heterocycles. The van der Waals surface area contributed by atoms with Crippen molar-refractivity contribution in [1.29, 1.82) is 0 Å². The van der Waals surface area contributed by atoms with E-state index >= 15 is 0 Å². The predicted molar refractivity (Wildman–Crippen MR) is 75.2 cm³/mol. The van der Waals surface area contributed by atoms with E-state index in [0.717, 1.165) is 34.0 Å². The van der Waals surface area contributed by atoms with E-state index in [1.807, 2.05) is 38.1 Å². The molecule has 0 atom stereocenters. The van der Waals surface area contributed by atoms with Crippen molar-refractivity contribution < 1.29 is 8.94 Å². The van der Waals surface area contributed by atoms with Crippen LogP contribution in [0.15, 0.2) is 45.8 Å². The monoisotopic (exact) mass is 269 g/mol. The highest BCUT2D eigenvalue weighted by Gasteiger charge is 2.08. The molecule has 0 radical (unpaired) electrons. The van der Waals surface area contributed by atoms with Crippen molar-refractivity contribution in [3.05, 3.63) is 53.9 Å². The Morgan fingerprint density at radius 3 is 2.55 bits per heavy atom. The third-order valence-corrected chi connectivity index (χ3v) is 3.25. The maximum atomic E-state index is 5.26. The fourth-order valence-electron chi connectivity index (χ4n) is 2.06. The van der Waals surface area contributed by atoms with Crippen LogP contribution in [0.3, 0.4) is 0 Å². The fourth-order valence-corrected chi connectivity index (χ4v) is 2.06. The minimum Gasteiger partial charge on any atom is -0.444 e. The summed E-state index contributed by atoms with van der Waals surface area (Å²) in [6, 6.07) is 8.01. The average molecular weight is 269 g/mol. The van der Waals surface area contributed by atoms with Crippen LogP contribution in [0.25, 0.3) is 11.3 Å². The van der Waals surface area contributed by atoms with Gasteiger partial charge in [-0.1, -0.05) is 5.16 Å². The van der Waals surface area contributed by atoms with E-state index in [4.69, 9.17) is 8.94 Å². The molecule has 0 aliphatic carbocycles. The summed E-state index contributed by atoms with van der Waals surface area (Å²) >= 11 is 0. The van der Waals surface area contributed by atoms with Crippen molar-refractivity contribution in [2.75, 3.05) is 5.32 Å². The molecule has 0 fully saturated rings. The van der Waals surface area contributed by atoms with Gasteiger partial charge in [0.25, 0.3) is 0 Å². The Balaban J connectivity index is 1.70. The number of aromatic nitrogens is 2. The van der Waals surface area contributed by atoms with Crippen LogP contribution in [0.1, 0.15) is 17.0 Å². The second-order valence-corrected chi connectivity index (χ2v) is 4.60. The molecule has 0 aliphatic rings. The normalized spacial score (nSPS) is 10.7. The third-order valence-electron chi connectivity index (χ3n) is 3.25. The van der Waals surface area contributed by atoms with Crippen molar-refractivity contribution in [3.63, 3.8) is 0 Å². The Labute approximate surface area is 116 Å². The van der Waals surface area contributed by atoms with Crippen molar-refractivity contribution in [2.45, 2.75) is 20.4 Å². The lowest BCUT2D eigenvalue weighted by molar-refractivity contribution is 0.392. The Morgan fingerprint density at radius 1 is 1.15 bits per heavy atom. The molecule has 0 unspecified atom stereocenters. The number of nitrogens with one attached hydrogen (secondary N) is 1. The highest BCUT2D eigenvalue weighted by molar-refractivity contribution is 5.60. The van der Waals surface area contributed by atoms with E-state index in [1.165, 1.54) is 6.39 Å². The van der Waals surface area contributed by atoms with Crippen LogP contribution in [0.5, 0.6) is 0 Å². The summed E-state index contributed by atoms with van der Waals surface area (Å²) in [7, 11) is 0. The third kappa shape index (κ3) is 2.42. The highest BCUT2D eigenvalue weighted by atomic mass is 16.5. The molecule has 5 nitrogen and oxygen atoms in total. The van der Waals surface area contributed by atoms with Gasteiger partial charge in [-0.25, -0.2) is 4.98 Å². The van der Waals surface area contributed by atoms with E-state index in [0.29, 0.717) is 6.54 Å². The van der Waals surface area contributed by atoms with Crippen LogP contribution >= 0.6 is 0 Å². The predicted octanol–water partition coefficient (Wildman–Crippen LogP) is 3.56. The molecule has 0 saturated heterocycles. The first-order valence-electron chi connectivity index (χ1n) is 6.38. The van der Waals surface area contributed by atoms with Gasteiger partial charge in [-0.3, -0.25) is 0 Å². The molecule has 1 aromatic carbocycles. The standard InChI is InChI=1S/C15H15N3O2/c1-10-14(11(2)20-18-10)7-17-13-5-3-12(4-6-13)15-8-16-9-19-15/h3-6,8-9,17H,7H2,1-2H3. The molecule has 5 heteroatoms. The number of aryl methyl sites for hydroxylation is 2. The molecule has 1 N–H and O–H groups in total. The molecule has 0 bridgehead atoms. The molecule has 0 spiro atoms. The lowest BCUT2D eigenvalue weighted by Gasteiger charge is -2.06. The van der Waals surface area contributed by atoms with Crippen molar-refractivity contribution in [3.8, 4) is 11.3 Å². The van der Waals surface area contributed by atoms with Gasteiger partial charge in [0.2, 0.25) is 0 Å². The molecule has 2 aromatic heterocycles. The average Bonchev–Trinajstić information content (AvgIpc) is 3.09. The first-order valence-corrected chi connectivity index (χ1v) is 6.38. The molecule has 3 aromatic rings. The molecule has 3 rings (SSSR count). The molecule has 0 aliphatic heterocycles. The summed E-state index contributed by atoms with van der Waals surface area (Å²) in [4.78, 5) is 3.91. The Morgan fingerprint density at radius 2 is 1.95 bits per heavy atom. The van der Waals surface area contributed by atoms with Gasteiger partial charge in [-0.05, 0) is 38.1 Å². The maximum absolute atomic E-state index is 5.26. The SMILES string of the molecule is Cc1noc(C)c1CNc1ccc(-c2cnco2)cc1. The number of rotatable bonds is 4. The van der Waals surface area contributed by atoms with Crippen LogP contribution in [0.4, 0.5) is 5.69 Å². The van der Waals surface area contributed by atoms with Crippen LogP contribution in [-0.4, -0.2) is 10.1 Å². The van der Waals surface area contributed by atoms with Gasteiger partial charge in [0, 0.05) is 23.4 Å². The molecule has 0 saturated carbocycles. The Bertz CT molecular complexity index is 665. The van der Waals surface area contributed by atoms with Crippen LogP contribution in [0.2, 0.25) is 0 Å². The van der Waals surface area contributed by atoms with Gasteiger partial charge in [-0.15, -0.1) is 0 Å². The van der Waals surface area contributed by atoms with Gasteiger partial charge in [-0.2, -0.15) is 0 Å². The minimum atomic E-state index is 0.697. The first kappa shape index (κ1) is 12.5. The van der Waals surface area contributed by atoms with Crippen LogP contribution < -0.4 is 5.32 Å². The van der Waals surface area contributed by atoms with E-state index < -0.39 is 0 Å². The molecule has 102 valence electrons. The Hall–Kier alpha value is -2.56. The van der Waals surface area contributed by atoms with E-state index in [2.05, 4.69) is 15.5 Å². The number of hydrogen-bond acceptors (Lipinski definition) is 5. The maximum Gasteiger partial charge on any atom is 0.181 e. The van der Waals surface area contributed by atoms with E-state index in [-0.39, 0.29) is 0 Å². The van der Waals surface area contributed by atoms with Crippen molar-refractivity contribution in [2.24, 2.45) is 0 Å². The molecule has 20 heavy (non-hydrogen) atoms. The smallest absolute Gasteiger partial charge is 0.181 e. The number of hydrogen-bond donors (Lipinski definition) is 1. The van der Waals surface area contributed by atoms with Gasteiger partial charge in [0.1, 0.15) is 5.76 Å². The van der Waals surface area contributed by atoms with Crippen LogP contribution in [-0.2, 0) is 6.54 Å². The fraction of sp³-hybridized carbons (Fsp3) is 0.200. The molecule has 0 amide bonds. The summed E-state index contributed by atoms with van der Waals surface area (Å²) in [5.41, 5.74) is 4.07. The topological polar surface area (TPSA) is 64.1 Å². The quantitative estimate of drug-likeness (QED) is 0.784. The summed E-state index contributed by atoms with van der Waals surface area (Å²) in [5.74, 6) is 1.62. The number of anilines is 1. The molecular formula is C15H15N3O2. The number of benzene rings is 1. The zero-order valence-electron chi connectivity index (χ0n) is 11.4. The largest absolute Gasteiger partial charge is 0.444 e. The van der Waals surface area contributed by atoms with Gasteiger partial charge in [0.15, 0.2) is 12.2 Å². The number of oxazole rings is 1. The van der Waals surface area contributed by atoms with Crippen LogP contribution in [0, 0.1) is 13.8 Å². The highest BCUT2D eigenvalue weighted by Crippen LogP contribution is 2.21. The zero-order chi connectivity index (χ0) is 13.9. The second kappa shape index (κ2) is 5.21. The lowest BCUT2D eigenvalue weighted by Crippen LogP contribution is -2.01.